The van der Waals surface area contributed by atoms with Gasteiger partial charge in [0, 0.05) is 6.54 Å². The number of aliphatic carboxylic acids is 1. The minimum Gasteiger partial charge on any atom is -0.481 e. The largest absolute Gasteiger partial charge is 0.481 e. The van der Waals surface area contributed by atoms with Crippen molar-refractivity contribution in [1.29, 1.82) is 0 Å². The summed E-state index contributed by atoms with van der Waals surface area (Å²) in [5, 5.41) is 12.1. The van der Waals surface area contributed by atoms with Gasteiger partial charge in [0.05, 0.1) is 11.8 Å². The SMILES string of the molecule is Cc1cccc(CC(=O)NCC2(C(=O)O)CCCC2)c1. The number of hydrogen-bond acceptors (Lipinski definition) is 2. The number of amides is 1. The number of carbonyl (C=O) groups excluding carboxylic acids is 1. The van der Waals surface area contributed by atoms with Gasteiger partial charge in [0.1, 0.15) is 0 Å². The van der Waals surface area contributed by atoms with Gasteiger partial charge in [-0.1, -0.05) is 42.7 Å². The highest BCUT2D eigenvalue weighted by Crippen LogP contribution is 2.37. The van der Waals surface area contributed by atoms with Gasteiger partial charge < -0.3 is 10.4 Å². The third kappa shape index (κ3) is 3.38. The van der Waals surface area contributed by atoms with Crippen LogP contribution in [0.4, 0.5) is 0 Å². The normalized spacial score (nSPS) is 16.9. The lowest BCUT2D eigenvalue weighted by Gasteiger charge is -2.24. The van der Waals surface area contributed by atoms with E-state index in [9.17, 15) is 14.7 Å². The van der Waals surface area contributed by atoms with Crippen molar-refractivity contribution in [3.63, 3.8) is 0 Å². The van der Waals surface area contributed by atoms with Crippen LogP contribution in [0, 0.1) is 12.3 Å². The highest BCUT2D eigenvalue weighted by atomic mass is 16.4. The summed E-state index contributed by atoms with van der Waals surface area (Å²) >= 11 is 0. The Labute approximate surface area is 119 Å². The summed E-state index contributed by atoms with van der Waals surface area (Å²) in [6.07, 6.45) is 3.48. The molecule has 0 spiro atoms. The number of carbonyl (C=O) groups is 2. The van der Waals surface area contributed by atoms with Crippen molar-refractivity contribution in [2.24, 2.45) is 5.41 Å². The minimum absolute atomic E-state index is 0.108. The highest BCUT2D eigenvalue weighted by Gasteiger charge is 2.41. The van der Waals surface area contributed by atoms with Crippen molar-refractivity contribution >= 4 is 11.9 Å². The van der Waals surface area contributed by atoms with E-state index in [4.69, 9.17) is 0 Å². The second kappa shape index (κ2) is 6.07. The number of rotatable bonds is 5. The van der Waals surface area contributed by atoms with Crippen LogP contribution < -0.4 is 5.32 Å². The number of hydrogen-bond donors (Lipinski definition) is 2. The maximum atomic E-state index is 11.9. The molecule has 1 aliphatic carbocycles. The second-order valence-electron chi connectivity index (χ2n) is 5.74. The summed E-state index contributed by atoms with van der Waals surface area (Å²) < 4.78 is 0. The van der Waals surface area contributed by atoms with E-state index in [1.807, 2.05) is 31.2 Å². The molecule has 0 aliphatic heterocycles. The molecule has 1 aromatic carbocycles. The molecule has 108 valence electrons. The monoisotopic (exact) mass is 275 g/mol. The van der Waals surface area contributed by atoms with Crippen molar-refractivity contribution in [3.8, 4) is 0 Å². The molecule has 0 saturated heterocycles. The molecule has 0 atom stereocenters. The van der Waals surface area contributed by atoms with E-state index in [0.29, 0.717) is 19.3 Å². The van der Waals surface area contributed by atoms with Crippen LogP contribution in [0.15, 0.2) is 24.3 Å². The number of aryl methyl sites for hydroxylation is 1. The molecule has 0 aromatic heterocycles. The maximum Gasteiger partial charge on any atom is 0.311 e. The Balaban J connectivity index is 1.90. The molecule has 0 bridgehead atoms. The van der Waals surface area contributed by atoms with Crippen LogP contribution in [0.5, 0.6) is 0 Å². The first-order valence-corrected chi connectivity index (χ1v) is 7.07. The standard InChI is InChI=1S/C16H21NO3/c1-12-5-4-6-13(9-12)10-14(18)17-11-16(15(19)20)7-2-3-8-16/h4-6,9H,2-3,7-8,10-11H2,1H3,(H,17,18)(H,19,20). The molecular weight excluding hydrogens is 254 g/mol. The summed E-state index contributed by atoms with van der Waals surface area (Å²) in [7, 11) is 0. The first-order chi connectivity index (χ1) is 9.52. The summed E-state index contributed by atoms with van der Waals surface area (Å²) in [6.45, 7) is 2.23. The van der Waals surface area contributed by atoms with Gasteiger partial charge in [-0.3, -0.25) is 9.59 Å². The van der Waals surface area contributed by atoms with Gasteiger partial charge in [-0.15, -0.1) is 0 Å². The Hall–Kier alpha value is -1.84. The van der Waals surface area contributed by atoms with Gasteiger partial charge in [-0.2, -0.15) is 0 Å². The Bertz CT molecular complexity index is 504. The average Bonchev–Trinajstić information content (AvgIpc) is 2.86. The lowest BCUT2D eigenvalue weighted by atomic mass is 9.86. The zero-order valence-electron chi connectivity index (χ0n) is 11.8. The number of carboxylic acid groups (broad SMARTS) is 1. The molecule has 0 radical (unpaired) electrons. The van der Waals surface area contributed by atoms with Crippen LogP contribution in [0.1, 0.15) is 36.8 Å². The van der Waals surface area contributed by atoms with E-state index < -0.39 is 11.4 Å². The zero-order chi connectivity index (χ0) is 14.6. The third-order valence-electron chi connectivity index (χ3n) is 4.09. The van der Waals surface area contributed by atoms with E-state index in [1.54, 1.807) is 0 Å². The zero-order valence-corrected chi connectivity index (χ0v) is 11.8. The second-order valence-corrected chi connectivity index (χ2v) is 5.74. The molecule has 1 aliphatic rings. The molecule has 4 nitrogen and oxygen atoms in total. The Morgan fingerprint density at radius 1 is 1.30 bits per heavy atom. The molecule has 1 fully saturated rings. The van der Waals surface area contributed by atoms with Gasteiger partial charge in [0.2, 0.25) is 5.91 Å². The fourth-order valence-corrected chi connectivity index (χ4v) is 2.86. The van der Waals surface area contributed by atoms with Crippen molar-refractivity contribution in [2.75, 3.05) is 6.54 Å². The predicted molar refractivity (Wildman–Crippen MR) is 76.4 cm³/mol. The lowest BCUT2D eigenvalue weighted by Crippen LogP contribution is -2.41. The summed E-state index contributed by atoms with van der Waals surface area (Å²) in [4.78, 5) is 23.3. The van der Waals surface area contributed by atoms with Crippen LogP contribution in [-0.2, 0) is 16.0 Å². The maximum absolute atomic E-state index is 11.9. The van der Waals surface area contributed by atoms with Gasteiger partial charge in [0.25, 0.3) is 0 Å². The molecule has 20 heavy (non-hydrogen) atoms. The number of carboxylic acids is 1. The van der Waals surface area contributed by atoms with E-state index in [2.05, 4.69) is 5.32 Å². The van der Waals surface area contributed by atoms with E-state index in [1.165, 1.54) is 0 Å². The van der Waals surface area contributed by atoms with Crippen molar-refractivity contribution in [3.05, 3.63) is 35.4 Å². The van der Waals surface area contributed by atoms with Crippen LogP contribution in [-0.4, -0.2) is 23.5 Å². The van der Waals surface area contributed by atoms with Crippen LogP contribution in [0.3, 0.4) is 0 Å². The quantitative estimate of drug-likeness (QED) is 0.866. The molecule has 1 saturated carbocycles. The molecule has 0 heterocycles. The van der Waals surface area contributed by atoms with Crippen LogP contribution >= 0.6 is 0 Å². The predicted octanol–water partition coefficient (Wildman–Crippen LogP) is 2.30. The van der Waals surface area contributed by atoms with Crippen molar-refractivity contribution in [1.82, 2.24) is 5.32 Å². The fourth-order valence-electron chi connectivity index (χ4n) is 2.86. The molecular formula is C16H21NO3. The Morgan fingerprint density at radius 2 is 2.00 bits per heavy atom. The summed E-state index contributed by atoms with van der Waals surface area (Å²) in [5.41, 5.74) is 1.33. The molecule has 4 heteroatoms. The van der Waals surface area contributed by atoms with E-state index in [0.717, 1.165) is 24.0 Å². The molecule has 1 amide bonds. The highest BCUT2D eigenvalue weighted by molar-refractivity contribution is 5.80. The van der Waals surface area contributed by atoms with Gasteiger partial charge in [0.15, 0.2) is 0 Å². The van der Waals surface area contributed by atoms with Crippen molar-refractivity contribution < 1.29 is 14.7 Å². The average molecular weight is 275 g/mol. The first-order valence-electron chi connectivity index (χ1n) is 7.07. The smallest absolute Gasteiger partial charge is 0.311 e. The van der Waals surface area contributed by atoms with Gasteiger partial charge >= 0.3 is 5.97 Å². The molecule has 1 aromatic rings. The van der Waals surface area contributed by atoms with Gasteiger partial charge in [-0.25, -0.2) is 0 Å². The third-order valence-corrected chi connectivity index (χ3v) is 4.09. The number of benzene rings is 1. The molecule has 0 unspecified atom stereocenters. The number of nitrogens with one attached hydrogen (secondary N) is 1. The molecule has 2 N–H and O–H groups in total. The summed E-state index contributed by atoms with van der Waals surface area (Å²) in [6, 6.07) is 7.80. The van der Waals surface area contributed by atoms with Crippen LogP contribution in [0.2, 0.25) is 0 Å². The van der Waals surface area contributed by atoms with E-state index in [-0.39, 0.29) is 12.5 Å². The van der Waals surface area contributed by atoms with Crippen LogP contribution in [0.25, 0.3) is 0 Å². The topological polar surface area (TPSA) is 66.4 Å². The van der Waals surface area contributed by atoms with E-state index >= 15 is 0 Å². The lowest BCUT2D eigenvalue weighted by molar-refractivity contribution is -0.148. The van der Waals surface area contributed by atoms with Gasteiger partial charge in [-0.05, 0) is 25.3 Å². The Kier molecular flexibility index (Phi) is 4.42. The minimum atomic E-state index is -0.786. The Morgan fingerprint density at radius 3 is 2.60 bits per heavy atom. The molecule has 2 rings (SSSR count). The summed E-state index contributed by atoms with van der Waals surface area (Å²) in [5.74, 6) is -0.894. The fraction of sp³-hybridized carbons (Fsp3) is 0.500. The van der Waals surface area contributed by atoms with Crippen molar-refractivity contribution in [2.45, 2.75) is 39.0 Å². The first kappa shape index (κ1) is 14.6.